The van der Waals surface area contributed by atoms with Crippen molar-refractivity contribution in [2.75, 3.05) is 11.9 Å². The van der Waals surface area contributed by atoms with Crippen LogP contribution in [0.5, 0.6) is 5.75 Å². The molecular weight excluding hydrogens is 427 g/mol. The van der Waals surface area contributed by atoms with Crippen LogP contribution in [0, 0.1) is 0 Å². The molecule has 2 aromatic carbocycles. The number of carbonyl (C=O) groups excluding carboxylic acids is 2. The van der Waals surface area contributed by atoms with Gasteiger partial charge in [-0.3, -0.25) is 14.5 Å². The molecule has 2 amide bonds. The fourth-order valence-corrected chi connectivity index (χ4v) is 3.92. The van der Waals surface area contributed by atoms with Gasteiger partial charge < -0.3 is 10.4 Å². The summed E-state index contributed by atoms with van der Waals surface area (Å²) in [6, 6.07) is 11.4. The molecule has 0 atom stereocenters. The molecule has 0 radical (unpaired) electrons. The number of hydrogen-bond acceptors (Lipinski definition) is 5. The van der Waals surface area contributed by atoms with Crippen molar-refractivity contribution >= 4 is 75.1 Å². The van der Waals surface area contributed by atoms with Crippen LogP contribution in [0.2, 0.25) is 10.0 Å². The highest BCUT2D eigenvalue weighted by atomic mass is 35.5. The lowest BCUT2D eigenvalue weighted by Crippen LogP contribution is -2.36. The lowest BCUT2D eigenvalue weighted by atomic mass is 10.2. The van der Waals surface area contributed by atoms with Crippen molar-refractivity contribution in [2.45, 2.75) is 0 Å². The molecule has 0 aliphatic carbocycles. The third kappa shape index (κ3) is 4.62. The van der Waals surface area contributed by atoms with Gasteiger partial charge in [0.25, 0.3) is 5.91 Å². The van der Waals surface area contributed by atoms with E-state index in [1.54, 1.807) is 24.3 Å². The van der Waals surface area contributed by atoms with Gasteiger partial charge in [-0.1, -0.05) is 65.4 Å². The van der Waals surface area contributed by atoms with Gasteiger partial charge in [-0.15, -0.1) is 0 Å². The van der Waals surface area contributed by atoms with E-state index in [-0.39, 0.29) is 28.2 Å². The monoisotopic (exact) mass is 438 g/mol. The van der Waals surface area contributed by atoms with Crippen LogP contribution in [0.25, 0.3) is 6.08 Å². The summed E-state index contributed by atoms with van der Waals surface area (Å²) in [7, 11) is 0. The second kappa shape index (κ2) is 8.31. The summed E-state index contributed by atoms with van der Waals surface area (Å²) in [5.74, 6) is -1.02. The highest BCUT2D eigenvalue weighted by molar-refractivity contribution is 8.26. The Balaban J connectivity index is 1.73. The zero-order valence-corrected chi connectivity index (χ0v) is 16.8. The highest BCUT2D eigenvalue weighted by Crippen LogP contribution is 2.34. The molecule has 1 heterocycles. The van der Waals surface area contributed by atoms with E-state index >= 15 is 0 Å². The number of phenolic OH excluding ortho intramolecular Hbond substituents is 1. The number of nitrogens with one attached hydrogen (secondary N) is 1. The quantitative estimate of drug-likeness (QED) is 0.416. The summed E-state index contributed by atoms with van der Waals surface area (Å²) in [5, 5.41) is 13.2. The molecular formula is C18H12Cl2N2O3S2. The summed E-state index contributed by atoms with van der Waals surface area (Å²) in [6.07, 6.45) is 1.64. The Labute approximate surface area is 174 Å². The van der Waals surface area contributed by atoms with Gasteiger partial charge in [-0.25, -0.2) is 0 Å². The van der Waals surface area contributed by atoms with Crippen molar-refractivity contribution in [1.29, 1.82) is 0 Å². The molecule has 27 heavy (non-hydrogen) atoms. The summed E-state index contributed by atoms with van der Waals surface area (Å²) < 4.78 is 0.267. The Morgan fingerprint density at radius 2 is 2.00 bits per heavy atom. The number of rotatable bonds is 4. The molecule has 2 N–H and O–H groups in total. The summed E-state index contributed by atoms with van der Waals surface area (Å²) in [4.78, 5) is 26.4. The van der Waals surface area contributed by atoms with Crippen LogP contribution >= 0.6 is 47.2 Å². The van der Waals surface area contributed by atoms with E-state index in [1.807, 2.05) is 6.07 Å². The Bertz CT molecular complexity index is 979. The van der Waals surface area contributed by atoms with E-state index in [2.05, 4.69) is 5.32 Å². The summed E-state index contributed by atoms with van der Waals surface area (Å²) in [5.41, 5.74) is 0.845. The van der Waals surface area contributed by atoms with E-state index in [1.165, 1.54) is 23.1 Å². The van der Waals surface area contributed by atoms with Crippen LogP contribution in [0.4, 0.5) is 5.69 Å². The molecule has 9 heteroatoms. The van der Waals surface area contributed by atoms with Crippen molar-refractivity contribution in [3.05, 3.63) is 63.0 Å². The molecule has 5 nitrogen and oxygen atoms in total. The van der Waals surface area contributed by atoms with Crippen molar-refractivity contribution in [1.82, 2.24) is 4.90 Å². The lowest BCUT2D eigenvalue weighted by molar-refractivity contribution is -0.126. The van der Waals surface area contributed by atoms with Crippen LogP contribution < -0.4 is 5.32 Å². The molecule has 0 aromatic heterocycles. The van der Waals surface area contributed by atoms with E-state index in [0.29, 0.717) is 20.5 Å². The number of carbonyl (C=O) groups is 2. The average molecular weight is 439 g/mol. The van der Waals surface area contributed by atoms with Crippen LogP contribution in [0.3, 0.4) is 0 Å². The summed E-state index contributed by atoms with van der Waals surface area (Å²) >= 11 is 18.3. The Kier molecular flexibility index (Phi) is 6.06. The Morgan fingerprint density at radius 3 is 2.74 bits per heavy atom. The number of halogens is 2. The fraction of sp³-hybridized carbons (Fsp3) is 0.0556. The zero-order valence-electron chi connectivity index (χ0n) is 13.6. The normalized spacial score (nSPS) is 15.5. The number of thiocarbonyl (C=S) groups is 1. The smallest absolute Gasteiger partial charge is 0.266 e. The average Bonchev–Trinajstić information content (AvgIpc) is 2.87. The largest absolute Gasteiger partial charge is 0.506 e. The van der Waals surface area contributed by atoms with Gasteiger partial charge in [-0.2, -0.15) is 0 Å². The molecule has 0 saturated carbocycles. The molecule has 138 valence electrons. The predicted molar refractivity (Wildman–Crippen MR) is 113 cm³/mol. The van der Waals surface area contributed by atoms with Crippen LogP contribution in [0.1, 0.15) is 5.56 Å². The van der Waals surface area contributed by atoms with Gasteiger partial charge in [0.05, 0.1) is 10.6 Å². The van der Waals surface area contributed by atoms with Crippen molar-refractivity contribution in [3.63, 3.8) is 0 Å². The minimum Gasteiger partial charge on any atom is -0.506 e. The van der Waals surface area contributed by atoms with E-state index in [9.17, 15) is 14.7 Å². The first-order valence-electron chi connectivity index (χ1n) is 7.63. The number of amides is 2. The van der Waals surface area contributed by atoms with Crippen LogP contribution in [0.15, 0.2) is 47.4 Å². The number of phenols is 1. The van der Waals surface area contributed by atoms with Gasteiger partial charge >= 0.3 is 0 Å². The molecule has 1 saturated heterocycles. The lowest BCUT2D eigenvalue weighted by Gasteiger charge is -2.14. The Morgan fingerprint density at radius 1 is 1.26 bits per heavy atom. The number of hydrogen-bond donors (Lipinski definition) is 2. The fourth-order valence-electron chi connectivity index (χ4n) is 2.31. The standard InChI is InChI=1S/C18H12Cl2N2O3S2/c19-11-5-6-14(23)13(8-11)21-16(24)9-22-17(25)15(27-18(22)26)7-10-3-1-2-4-12(10)20/h1-8,23H,9H2,(H,21,24)/b15-7-. The van der Waals surface area contributed by atoms with Crippen molar-refractivity contribution in [2.24, 2.45) is 0 Å². The third-order valence-corrected chi connectivity index (χ3v) is 5.56. The maximum atomic E-state index is 12.6. The highest BCUT2D eigenvalue weighted by Gasteiger charge is 2.33. The van der Waals surface area contributed by atoms with Gasteiger partial charge in [0.15, 0.2) is 0 Å². The maximum absolute atomic E-state index is 12.6. The number of benzene rings is 2. The molecule has 1 aliphatic heterocycles. The molecule has 3 rings (SSSR count). The first-order chi connectivity index (χ1) is 12.8. The van der Waals surface area contributed by atoms with Crippen LogP contribution in [-0.4, -0.2) is 32.7 Å². The number of aromatic hydroxyl groups is 1. The SMILES string of the molecule is O=C(CN1C(=O)/C(=C/c2ccccc2Cl)SC1=S)Nc1cc(Cl)ccc1O. The second-order valence-corrected chi connectivity index (χ2v) is 8.02. The van der Waals surface area contributed by atoms with Crippen LogP contribution in [-0.2, 0) is 9.59 Å². The molecule has 1 fully saturated rings. The predicted octanol–water partition coefficient (Wildman–Crippen LogP) is 4.54. The van der Waals surface area contributed by atoms with E-state index in [0.717, 1.165) is 11.8 Å². The summed E-state index contributed by atoms with van der Waals surface area (Å²) in [6.45, 7) is -0.281. The third-order valence-electron chi connectivity index (χ3n) is 3.60. The van der Waals surface area contributed by atoms with Gasteiger partial charge in [-0.05, 0) is 35.9 Å². The van der Waals surface area contributed by atoms with E-state index in [4.69, 9.17) is 35.4 Å². The number of anilines is 1. The number of nitrogens with zero attached hydrogens (tertiary/aromatic N) is 1. The minimum absolute atomic E-state index is 0.128. The molecule has 1 aliphatic rings. The van der Waals surface area contributed by atoms with Crippen molar-refractivity contribution in [3.8, 4) is 5.75 Å². The first-order valence-corrected chi connectivity index (χ1v) is 9.61. The minimum atomic E-state index is -0.511. The molecule has 0 unspecified atom stereocenters. The molecule has 2 aromatic rings. The molecule has 0 spiro atoms. The first kappa shape index (κ1) is 19.7. The second-order valence-electron chi connectivity index (χ2n) is 5.50. The van der Waals surface area contributed by atoms with Gasteiger partial charge in [0, 0.05) is 10.0 Å². The topological polar surface area (TPSA) is 69.6 Å². The van der Waals surface area contributed by atoms with Gasteiger partial charge in [0.2, 0.25) is 5.91 Å². The number of thioether (sulfide) groups is 1. The molecule has 0 bridgehead atoms. The Hall–Kier alpha value is -2.06. The van der Waals surface area contributed by atoms with Crippen molar-refractivity contribution < 1.29 is 14.7 Å². The van der Waals surface area contributed by atoms with Gasteiger partial charge in [0.1, 0.15) is 16.6 Å². The van der Waals surface area contributed by atoms with E-state index < -0.39 is 5.91 Å². The maximum Gasteiger partial charge on any atom is 0.266 e. The zero-order chi connectivity index (χ0) is 19.6.